The average Bonchev–Trinajstić information content (AvgIpc) is 2.22. The van der Waals surface area contributed by atoms with Crippen molar-refractivity contribution in [2.75, 3.05) is 6.61 Å². The van der Waals surface area contributed by atoms with E-state index in [2.05, 4.69) is 10.3 Å². The third-order valence-electron chi connectivity index (χ3n) is 2.03. The Hall–Kier alpha value is -1.30. The lowest BCUT2D eigenvalue weighted by Crippen LogP contribution is -2.35. The van der Waals surface area contributed by atoms with Crippen LogP contribution < -0.4 is 10.1 Å². The maximum atomic E-state index is 12.1. The van der Waals surface area contributed by atoms with Crippen molar-refractivity contribution in [1.82, 2.24) is 10.3 Å². The van der Waals surface area contributed by atoms with Gasteiger partial charge in [0.15, 0.2) is 6.61 Å². The molecule has 1 rings (SSSR count). The molecular weight excluding hydrogens is 245 g/mol. The standard InChI is InChI=1S/C12H17F3N2O/c1-11(2,3)17-7-9-5-4-6-16-10(9)18-8-12(13,14)15/h4-6,17H,7-8H2,1-3H3. The van der Waals surface area contributed by atoms with Gasteiger partial charge in [0, 0.05) is 23.8 Å². The number of nitrogens with zero attached hydrogens (tertiary/aromatic N) is 1. The molecule has 18 heavy (non-hydrogen) atoms. The number of rotatable bonds is 4. The quantitative estimate of drug-likeness (QED) is 0.906. The van der Waals surface area contributed by atoms with Crippen LogP contribution in [0.4, 0.5) is 13.2 Å². The molecule has 1 aromatic heterocycles. The highest BCUT2D eigenvalue weighted by atomic mass is 19.4. The van der Waals surface area contributed by atoms with Crippen molar-refractivity contribution < 1.29 is 17.9 Å². The number of hydrogen-bond acceptors (Lipinski definition) is 3. The van der Waals surface area contributed by atoms with Crippen LogP contribution >= 0.6 is 0 Å². The van der Waals surface area contributed by atoms with E-state index >= 15 is 0 Å². The summed E-state index contributed by atoms with van der Waals surface area (Å²) in [6.07, 6.45) is -2.95. The molecule has 1 heterocycles. The van der Waals surface area contributed by atoms with Crippen LogP contribution in [0.2, 0.25) is 0 Å². The summed E-state index contributed by atoms with van der Waals surface area (Å²) in [5.41, 5.74) is 0.480. The van der Waals surface area contributed by atoms with Gasteiger partial charge in [0.1, 0.15) is 0 Å². The highest BCUT2D eigenvalue weighted by Gasteiger charge is 2.29. The molecule has 1 N–H and O–H groups in total. The lowest BCUT2D eigenvalue weighted by Gasteiger charge is -2.21. The van der Waals surface area contributed by atoms with Crippen LogP contribution in [0.15, 0.2) is 18.3 Å². The zero-order valence-corrected chi connectivity index (χ0v) is 10.6. The Morgan fingerprint density at radius 1 is 1.28 bits per heavy atom. The van der Waals surface area contributed by atoms with Crippen LogP contribution in [0.3, 0.4) is 0 Å². The van der Waals surface area contributed by atoms with Gasteiger partial charge in [-0.3, -0.25) is 0 Å². The first-order valence-electron chi connectivity index (χ1n) is 5.56. The van der Waals surface area contributed by atoms with E-state index in [0.29, 0.717) is 12.1 Å². The van der Waals surface area contributed by atoms with Gasteiger partial charge in [-0.25, -0.2) is 4.98 Å². The number of nitrogens with one attached hydrogen (secondary N) is 1. The largest absolute Gasteiger partial charge is 0.468 e. The molecule has 3 nitrogen and oxygen atoms in total. The molecule has 0 bridgehead atoms. The monoisotopic (exact) mass is 262 g/mol. The highest BCUT2D eigenvalue weighted by molar-refractivity contribution is 5.25. The number of ether oxygens (including phenoxy) is 1. The molecule has 0 atom stereocenters. The van der Waals surface area contributed by atoms with E-state index in [9.17, 15) is 13.2 Å². The number of aromatic nitrogens is 1. The molecule has 0 unspecified atom stereocenters. The Balaban J connectivity index is 2.68. The third kappa shape index (κ3) is 5.86. The van der Waals surface area contributed by atoms with Crippen LogP contribution in [0.5, 0.6) is 5.88 Å². The Bertz CT molecular complexity index is 349. The van der Waals surface area contributed by atoms with Crippen molar-refractivity contribution in [3.8, 4) is 5.88 Å². The summed E-state index contributed by atoms with van der Waals surface area (Å²) in [4.78, 5) is 3.82. The van der Waals surface area contributed by atoms with Crippen molar-refractivity contribution in [1.29, 1.82) is 0 Å². The van der Waals surface area contributed by atoms with Crippen molar-refractivity contribution in [3.05, 3.63) is 23.9 Å². The van der Waals surface area contributed by atoms with Crippen molar-refractivity contribution in [2.45, 2.75) is 39.0 Å². The minimum absolute atomic E-state index is 0.0200. The molecule has 1 aromatic rings. The Morgan fingerprint density at radius 3 is 2.50 bits per heavy atom. The van der Waals surface area contributed by atoms with Crippen molar-refractivity contribution in [3.63, 3.8) is 0 Å². The average molecular weight is 262 g/mol. The van der Waals surface area contributed by atoms with Crippen LogP contribution in [0, 0.1) is 0 Å². The second-order valence-corrected chi connectivity index (χ2v) is 4.98. The topological polar surface area (TPSA) is 34.2 Å². The predicted octanol–water partition coefficient (Wildman–Crippen LogP) is 2.91. The first-order valence-corrected chi connectivity index (χ1v) is 5.56. The van der Waals surface area contributed by atoms with Gasteiger partial charge >= 0.3 is 6.18 Å². The van der Waals surface area contributed by atoms with Crippen LogP contribution in [0.1, 0.15) is 26.3 Å². The normalized spacial score (nSPS) is 12.6. The number of alkyl halides is 3. The van der Waals surface area contributed by atoms with Crippen molar-refractivity contribution >= 4 is 0 Å². The molecule has 0 aliphatic heterocycles. The van der Waals surface area contributed by atoms with E-state index in [1.165, 1.54) is 6.20 Å². The molecule has 0 radical (unpaired) electrons. The Morgan fingerprint density at radius 2 is 1.94 bits per heavy atom. The SMILES string of the molecule is CC(C)(C)NCc1cccnc1OCC(F)(F)F. The van der Waals surface area contributed by atoms with E-state index in [4.69, 9.17) is 4.74 Å². The van der Waals surface area contributed by atoms with Gasteiger partial charge in [0.25, 0.3) is 0 Å². The minimum atomic E-state index is -4.35. The summed E-state index contributed by atoms with van der Waals surface area (Å²) in [7, 11) is 0. The lowest BCUT2D eigenvalue weighted by atomic mass is 10.1. The van der Waals surface area contributed by atoms with Gasteiger partial charge in [-0.05, 0) is 26.8 Å². The zero-order valence-electron chi connectivity index (χ0n) is 10.6. The van der Waals surface area contributed by atoms with Gasteiger partial charge in [0.2, 0.25) is 5.88 Å². The van der Waals surface area contributed by atoms with Crippen LogP contribution in [-0.4, -0.2) is 23.3 Å². The van der Waals surface area contributed by atoms with Gasteiger partial charge in [-0.1, -0.05) is 6.07 Å². The second-order valence-electron chi connectivity index (χ2n) is 4.98. The number of pyridine rings is 1. The van der Waals surface area contributed by atoms with Gasteiger partial charge in [0.05, 0.1) is 0 Å². The summed E-state index contributed by atoms with van der Waals surface area (Å²) in [5, 5.41) is 3.17. The van der Waals surface area contributed by atoms with E-state index in [0.717, 1.165) is 0 Å². The van der Waals surface area contributed by atoms with Gasteiger partial charge < -0.3 is 10.1 Å². The maximum absolute atomic E-state index is 12.1. The molecule has 0 spiro atoms. The predicted molar refractivity (Wildman–Crippen MR) is 62.4 cm³/mol. The minimum Gasteiger partial charge on any atom is -0.468 e. The summed E-state index contributed by atoms with van der Waals surface area (Å²) in [6, 6.07) is 3.36. The van der Waals surface area contributed by atoms with E-state index in [-0.39, 0.29) is 11.4 Å². The van der Waals surface area contributed by atoms with Crippen molar-refractivity contribution in [2.24, 2.45) is 0 Å². The summed E-state index contributed by atoms with van der Waals surface area (Å²) >= 11 is 0. The smallest absolute Gasteiger partial charge is 0.422 e. The number of hydrogen-bond donors (Lipinski definition) is 1. The number of halogens is 3. The molecule has 102 valence electrons. The first-order chi connectivity index (χ1) is 8.17. The summed E-state index contributed by atoms with van der Waals surface area (Å²) < 4.78 is 40.9. The lowest BCUT2D eigenvalue weighted by molar-refractivity contribution is -0.154. The fourth-order valence-corrected chi connectivity index (χ4v) is 1.20. The zero-order chi connectivity index (χ0) is 13.8. The first kappa shape index (κ1) is 14.8. The highest BCUT2D eigenvalue weighted by Crippen LogP contribution is 2.20. The molecule has 0 aromatic carbocycles. The van der Waals surface area contributed by atoms with E-state index < -0.39 is 12.8 Å². The molecular formula is C12H17F3N2O. The maximum Gasteiger partial charge on any atom is 0.422 e. The fraction of sp³-hybridized carbons (Fsp3) is 0.583. The third-order valence-corrected chi connectivity index (χ3v) is 2.03. The Kier molecular flexibility index (Phi) is 4.56. The van der Waals surface area contributed by atoms with Crippen LogP contribution in [-0.2, 0) is 6.54 Å². The Labute approximate surface area is 104 Å². The fourth-order valence-electron chi connectivity index (χ4n) is 1.20. The molecule has 0 amide bonds. The van der Waals surface area contributed by atoms with E-state index in [1.54, 1.807) is 12.1 Å². The van der Waals surface area contributed by atoms with Gasteiger partial charge in [-0.2, -0.15) is 13.2 Å². The van der Waals surface area contributed by atoms with Gasteiger partial charge in [-0.15, -0.1) is 0 Å². The molecule has 0 aliphatic carbocycles. The summed E-state index contributed by atoms with van der Waals surface area (Å²) in [6.45, 7) is 5.00. The molecule has 0 saturated heterocycles. The molecule has 6 heteroatoms. The van der Waals surface area contributed by atoms with Crippen LogP contribution in [0.25, 0.3) is 0 Å². The van der Waals surface area contributed by atoms with E-state index in [1.807, 2.05) is 20.8 Å². The molecule has 0 aliphatic rings. The molecule has 0 saturated carbocycles. The molecule has 0 fully saturated rings. The second kappa shape index (κ2) is 5.56. The summed E-state index contributed by atoms with van der Waals surface area (Å²) in [5.74, 6) is 0.0200.